The van der Waals surface area contributed by atoms with Gasteiger partial charge in [0, 0.05) is 11.7 Å². The summed E-state index contributed by atoms with van der Waals surface area (Å²) in [6.45, 7) is 8.14. The Labute approximate surface area is 126 Å². The molecule has 2 aromatic carbocycles. The van der Waals surface area contributed by atoms with Crippen LogP contribution in [0.4, 0.5) is 5.69 Å². The zero-order valence-corrected chi connectivity index (χ0v) is 13.1. The Morgan fingerprint density at radius 1 is 1.00 bits per heavy atom. The first-order chi connectivity index (χ1) is 9.95. The lowest BCUT2D eigenvalue weighted by atomic mass is 10.1. The molecule has 112 valence electrons. The van der Waals surface area contributed by atoms with Crippen LogP contribution in [0, 0.1) is 6.92 Å². The monoisotopic (exact) mass is 285 g/mol. The lowest BCUT2D eigenvalue weighted by molar-refractivity contribution is 0.242. The highest BCUT2D eigenvalue weighted by Gasteiger charge is 2.08. The third-order valence-corrected chi connectivity index (χ3v) is 3.33. The molecule has 1 atom stereocenters. The van der Waals surface area contributed by atoms with Gasteiger partial charge >= 0.3 is 0 Å². The highest BCUT2D eigenvalue weighted by atomic mass is 16.5. The molecule has 1 unspecified atom stereocenters. The Hall–Kier alpha value is -2.16. The van der Waals surface area contributed by atoms with Crippen LogP contribution < -0.4 is 10.1 Å². The molecular weight excluding hydrogens is 262 g/mol. The van der Waals surface area contributed by atoms with Gasteiger partial charge in [0.2, 0.25) is 0 Å². The Morgan fingerprint density at radius 3 is 2.24 bits per heavy atom. The summed E-state index contributed by atoms with van der Waals surface area (Å²) in [6, 6.07) is 13.7. The van der Waals surface area contributed by atoms with Gasteiger partial charge in [0.05, 0.1) is 6.10 Å². The van der Waals surface area contributed by atoms with Crippen LogP contribution in [0.1, 0.15) is 37.9 Å². The van der Waals surface area contributed by atoms with Gasteiger partial charge in [-0.3, -0.25) is 0 Å². The summed E-state index contributed by atoms with van der Waals surface area (Å²) < 4.78 is 5.65. The highest BCUT2D eigenvalue weighted by molar-refractivity contribution is 5.54. The van der Waals surface area contributed by atoms with Crippen LogP contribution in [0.2, 0.25) is 0 Å². The van der Waals surface area contributed by atoms with Gasteiger partial charge in [-0.05, 0) is 69.2 Å². The van der Waals surface area contributed by atoms with Crippen LogP contribution in [0.15, 0.2) is 42.5 Å². The summed E-state index contributed by atoms with van der Waals surface area (Å²) in [7, 11) is 0. The predicted octanol–water partition coefficient (Wildman–Crippen LogP) is 4.66. The second kappa shape index (κ2) is 6.53. The molecule has 0 aromatic heterocycles. The summed E-state index contributed by atoms with van der Waals surface area (Å²) >= 11 is 0. The molecule has 2 rings (SSSR count). The van der Waals surface area contributed by atoms with E-state index in [0.717, 1.165) is 17.0 Å². The Balaban J connectivity index is 2.07. The fourth-order valence-corrected chi connectivity index (χ4v) is 2.23. The van der Waals surface area contributed by atoms with E-state index >= 15 is 0 Å². The zero-order chi connectivity index (χ0) is 15.4. The molecule has 0 amide bonds. The molecule has 0 fully saturated rings. The zero-order valence-electron chi connectivity index (χ0n) is 13.1. The van der Waals surface area contributed by atoms with Crippen LogP contribution in [0.25, 0.3) is 0 Å². The van der Waals surface area contributed by atoms with Crippen molar-refractivity contribution in [3.8, 4) is 11.5 Å². The van der Waals surface area contributed by atoms with E-state index in [1.54, 1.807) is 12.1 Å². The molecule has 3 heteroatoms. The number of phenolic OH excluding ortho intramolecular Hbond substituents is 1. The molecule has 0 radical (unpaired) electrons. The van der Waals surface area contributed by atoms with Gasteiger partial charge in [-0.2, -0.15) is 0 Å². The molecule has 0 aliphatic rings. The van der Waals surface area contributed by atoms with E-state index in [9.17, 15) is 5.11 Å². The number of phenols is 1. The number of hydrogen-bond donors (Lipinski definition) is 2. The topological polar surface area (TPSA) is 41.5 Å². The van der Waals surface area contributed by atoms with Gasteiger partial charge in [-0.15, -0.1) is 0 Å². The Bertz CT molecular complexity index is 591. The van der Waals surface area contributed by atoms with Crippen molar-refractivity contribution in [1.29, 1.82) is 0 Å². The largest absolute Gasteiger partial charge is 0.508 e. The maximum Gasteiger partial charge on any atom is 0.119 e. The van der Waals surface area contributed by atoms with Gasteiger partial charge in [0.15, 0.2) is 0 Å². The molecular formula is C18H23NO2. The Kier molecular flexibility index (Phi) is 4.73. The fraction of sp³-hybridized carbons (Fsp3) is 0.333. The number of aromatic hydroxyl groups is 1. The average molecular weight is 285 g/mol. The van der Waals surface area contributed by atoms with Crippen molar-refractivity contribution in [3.05, 3.63) is 53.6 Å². The lowest BCUT2D eigenvalue weighted by Crippen LogP contribution is -2.08. The van der Waals surface area contributed by atoms with Gasteiger partial charge in [-0.25, -0.2) is 0 Å². The quantitative estimate of drug-likeness (QED) is 0.785. The predicted molar refractivity (Wildman–Crippen MR) is 87.1 cm³/mol. The Morgan fingerprint density at radius 2 is 1.67 bits per heavy atom. The molecule has 0 saturated carbocycles. The molecule has 2 N–H and O–H groups in total. The van der Waals surface area contributed by atoms with Crippen LogP contribution in [0.3, 0.4) is 0 Å². The highest BCUT2D eigenvalue weighted by Crippen LogP contribution is 2.26. The normalized spacial score (nSPS) is 12.2. The molecule has 0 bridgehead atoms. The van der Waals surface area contributed by atoms with Crippen LogP contribution in [-0.4, -0.2) is 11.2 Å². The van der Waals surface area contributed by atoms with Crippen LogP contribution in [-0.2, 0) is 0 Å². The number of ether oxygens (including phenoxy) is 1. The standard InChI is InChI=1S/C18H23NO2/c1-12(2)21-17-8-5-15(6-9-17)14(4)19-18-10-7-16(20)11-13(18)3/h5-12,14,19-20H,1-4H3. The van der Waals surface area contributed by atoms with E-state index in [1.807, 2.05) is 39.0 Å². The van der Waals surface area contributed by atoms with E-state index < -0.39 is 0 Å². The minimum atomic E-state index is 0.182. The van der Waals surface area contributed by atoms with E-state index in [1.165, 1.54) is 5.56 Å². The van der Waals surface area contributed by atoms with E-state index in [0.29, 0.717) is 5.75 Å². The fourth-order valence-electron chi connectivity index (χ4n) is 2.23. The maximum atomic E-state index is 9.45. The summed E-state index contributed by atoms with van der Waals surface area (Å²) in [4.78, 5) is 0. The van der Waals surface area contributed by atoms with Crippen molar-refractivity contribution in [2.24, 2.45) is 0 Å². The minimum Gasteiger partial charge on any atom is -0.508 e. The summed E-state index contributed by atoms with van der Waals surface area (Å²) in [5, 5.41) is 12.9. The second-order valence-corrected chi connectivity index (χ2v) is 5.60. The lowest BCUT2D eigenvalue weighted by Gasteiger charge is -2.18. The number of benzene rings is 2. The number of aryl methyl sites for hydroxylation is 1. The van der Waals surface area contributed by atoms with Gasteiger partial charge in [0.1, 0.15) is 11.5 Å². The van der Waals surface area contributed by atoms with E-state index in [2.05, 4.69) is 24.4 Å². The summed E-state index contributed by atoms with van der Waals surface area (Å²) in [5.74, 6) is 1.18. The van der Waals surface area contributed by atoms with Crippen molar-refractivity contribution in [2.45, 2.75) is 39.8 Å². The molecule has 0 aliphatic carbocycles. The van der Waals surface area contributed by atoms with Crippen molar-refractivity contribution >= 4 is 5.69 Å². The number of anilines is 1. The molecule has 3 nitrogen and oxygen atoms in total. The van der Waals surface area contributed by atoms with Crippen LogP contribution in [0.5, 0.6) is 11.5 Å². The number of rotatable bonds is 5. The molecule has 21 heavy (non-hydrogen) atoms. The second-order valence-electron chi connectivity index (χ2n) is 5.60. The molecule has 0 saturated heterocycles. The maximum absolute atomic E-state index is 9.45. The first kappa shape index (κ1) is 15.2. The van der Waals surface area contributed by atoms with Gasteiger partial charge < -0.3 is 15.2 Å². The summed E-state index contributed by atoms with van der Waals surface area (Å²) in [6.07, 6.45) is 0.186. The molecule has 0 aliphatic heterocycles. The van der Waals surface area contributed by atoms with E-state index in [4.69, 9.17) is 4.74 Å². The van der Waals surface area contributed by atoms with Crippen LogP contribution >= 0.6 is 0 Å². The van der Waals surface area contributed by atoms with Crippen molar-refractivity contribution in [2.75, 3.05) is 5.32 Å². The van der Waals surface area contributed by atoms with Gasteiger partial charge in [0.25, 0.3) is 0 Å². The smallest absolute Gasteiger partial charge is 0.119 e. The first-order valence-electron chi connectivity index (χ1n) is 7.28. The van der Waals surface area contributed by atoms with Crippen molar-refractivity contribution in [3.63, 3.8) is 0 Å². The minimum absolute atomic E-state index is 0.182. The molecule has 0 heterocycles. The SMILES string of the molecule is Cc1cc(O)ccc1NC(C)c1ccc(OC(C)C)cc1. The van der Waals surface area contributed by atoms with Crippen molar-refractivity contribution in [1.82, 2.24) is 0 Å². The van der Waals surface area contributed by atoms with E-state index in [-0.39, 0.29) is 12.1 Å². The molecule has 0 spiro atoms. The summed E-state index contributed by atoms with van der Waals surface area (Å²) in [5.41, 5.74) is 3.25. The van der Waals surface area contributed by atoms with Crippen molar-refractivity contribution < 1.29 is 9.84 Å². The molecule has 2 aromatic rings. The number of hydrogen-bond acceptors (Lipinski definition) is 3. The number of nitrogens with one attached hydrogen (secondary N) is 1. The first-order valence-corrected chi connectivity index (χ1v) is 7.28. The third kappa shape index (κ3) is 4.15. The van der Waals surface area contributed by atoms with Gasteiger partial charge in [-0.1, -0.05) is 12.1 Å². The third-order valence-electron chi connectivity index (χ3n) is 3.33. The average Bonchev–Trinajstić information content (AvgIpc) is 2.42.